The zero-order valence-electron chi connectivity index (χ0n) is 19.7. The Bertz CT molecular complexity index is 1060. The van der Waals surface area contributed by atoms with Crippen molar-refractivity contribution in [3.05, 3.63) is 47.7 Å². The number of pyridine rings is 1. The summed E-state index contributed by atoms with van der Waals surface area (Å²) in [4.78, 5) is 18.4. The Balaban J connectivity index is 1.93. The number of piperidine rings is 1. The fourth-order valence-electron chi connectivity index (χ4n) is 4.17. The second-order valence-corrected chi connectivity index (χ2v) is 9.57. The number of aromatic nitrogens is 1. The molecule has 2 atom stereocenters. The lowest BCUT2D eigenvalue weighted by Gasteiger charge is -2.46. The number of nitrogens with zero attached hydrogens (tertiary/aromatic N) is 2. The standard InChI is InChI=1S/C24H29F4N3O4/c1-23(2,3)35-22(34)30-24(20(33)21(27)28)7-4-8-31(13-24)19-11-29-18(10-15(19)12-32)14-5-6-16(25)17(26)9-14/h5-6,9-11,20-21,32-33H,4,7-8,12-13H2,1-3H3,(H,30,34). The van der Waals surface area contributed by atoms with Crippen LogP contribution < -0.4 is 10.2 Å². The predicted molar refractivity (Wildman–Crippen MR) is 121 cm³/mol. The number of rotatable bonds is 6. The molecular weight excluding hydrogens is 470 g/mol. The van der Waals surface area contributed by atoms with E-state index in [2.05, 4.69) is 10.3 Å². The number of ether oxygens (including phenoxy) is 1. The summed E-state index contributed by atoms with van der Waals surface area (Å²) in [6, 6.07) is 4.78. The molecule has 0 radical (unpaired) electrons. The van der Waals surface area contributed by atoms with Crippen LogP contribution in [0.5, 0.6) is 0 Å². The molecule has 1 aliphatic rings. The molecule has 2 heterocycles. The lowest BCUT2D eigenvalue weighted by molar-refractivity contribution is -0.0664. The van der Waals surface area contributed by atoms with Crippen LogP contribution in [0.25, 0.3) is 11.3 Å². The van der Waals surface area contributed by atoms with Gasteiger partial charge < -0.3 is 25.2 Å². The Morgan fingerprint density at radius 1 is 1.26 bits per heavy atom. The Kier molecular flexibility index (Phi) is 7.90. The Hall–Kier alpha value is -2.92. The number of aliphatic hydroxyl groups is 2. The molecule has 1 amide bonds. The predicted octanol–water partition coefficient (Wildman–Crippen LogP) is 4.01. The third-order valence-corrected chi connectivity index (χ3v) is 5.77. The lowest BCUT2D eigenvalue weighted by Crippen LogP contribution is -2.67. The third-order valence-electron chi connectivity index (χ3n) is 5.77. The second-order valence-electron chi connectivity index (χ2n) is 9.57. The number of carbonyl (C=O) groups is 1. The number of hydrogen-bond acceptors (Lipinski definition) is 6. The smallest absolute Gasteiger partial charge is 0.408 e. The number of benzene rings is 1. The highest BCUT2D eigenvalue weighted by molar-refractivity contribution is 5.70. The van der Waals surface area contributed by atoms with Gasteiger partial charge in [0.2, 0.25) is 0 Å². The normalized spacial score (nSPS) is 19.5. The highest BCUT2D eigenvalue weighted by atomic mass is 19.3. The summed E-state index contributed by atoms with van der Waals surface area (Å²) in [5, 5.41) is 22.8. The van der Waals surface area contributed by atoms with Gasteiger partial charge in [0, 0.05) is 24.2 Å². The van der Waals surface area contributed by atoms with Gasteiger partial charge in [-0.2, -0.15) is 0 Å². The molecule has 2 aromatic rings. The molecule has 11 heteroatoms. The summed E-state index contributed by atoms with van der Waals surface area (Å²) in [7, 11) is 0. The van der Waals surface area contributed by atoms with Gasteiger partial charge in [-0.3, -0.25) is 4.98 Å². The molecule has 3 N–H and O–H groups in total. The molecule has 1 saturated heterocycles. The van der Waals surface area contributed by atoms with Gasteiger partial charge in [0.1, 0.15) is 11.7 Å². The van der Waals surface area contributed by atoms with E-state index in [1.165, 1.54) is 18.3 Å². The van der Waals surface area contributed by atoms with Crippen LogP contribution in [0.4, 0.5) is 28.0 Å². The summed E-state index contributed by atoms with van der Waals surface area (Å²) in [6.07, 6.45) is -4.44. The zero-order chi connectivity index (χ0) is 26.0. The minimum Gasteiger partial charge on any atom is -0.444 e. The fourth-order valence-corrected chi connectivity index (χ4v) is 4.17. The van der Waals surface area contributed by atoms with E-state index < -0.39 is 48.0 Å². The fraction of sp³-hybridized carbons (Fsp3) is 0.500. The van der Waals surface area contributed by atoms with Crippen LogP contribution in [0.1, 0.15) is 39.2 Å². The molecule has 192 valence electrons. The van der Waals surface area contributed by atoms with Crippen molar-refractivity contribution < 1.29 is 37.3 Å². The van der Waals surface area contributed by atoms with E-state index in [1.54, 1.807) is 25.7 Å². The summed E-state index contributed by atoms with van der Waals surface area (Å²) < 4.78 is 59.5. The number of aliphatic hydroxyl groups excluding tert-OH is 2. The maximum atomic E-state index is 13.7. The zero-order valence-corrected chi connectivity index (χ0v) is 19.7. The molecule has 1 fully saturated rings. The monoisotopic (exact) mass is 499 g/mol. The van der Waals surface area contributed by atoms with Crippen LogP contribution in [-0.2, 0) is 11.3 Å². The molecule has 1 aliphatic heterocycles. The van der Waals surface area contributed by atoms with Crippen molar-refractivity contribution in [3.8, 4) is 11.3 Å². The molecule has 3 rings (SSSR count). The van der Waals surface area contributed by atoms with Gasteiger partial charge in [-0.25, -0.2) is 22.4 Å². The molecule has 35 heavy (non-hydrogen) atoms. The quantitative estimate of drug-likeness (QED) is 0.520. The molecule has 1 aromatic heterocycles. The van der Waals surface area contributed by atoms with E-state index >= 15 is 0 Å². The number of carbonyl (C=O) groups excluding carboxylic acids is 1. The van der Waals surface area contributed by atoms with Crippen LogP contribution in [0, 0.1) is 11.6 Å². The first kappa shape index (κ1) is 26.7. The summed E-state index contributed by atoms with van der Waals surface area (Å²) in [5.74, 6) is -2.05. The van der Waals surface area contributed by atoms with E-state index in [0.717, 1.165) is 12.1 Å². The van der Waals surface area contributed by atoms with Crippen molar-refractivity contribution in [2.24, 2.45) is 0 Å². The van der Waals surface area contributed by atoms with Crippen LogP contribution in [0.15, 0.2) is 30.5 Å². The Morgan fingerprint density at radius 3 is 2.57 bits per heavy atom. The van der Waals surface area contributed by atoms with Gasteiger partial charge in [-0.15, -0.1) is 0 Å². The third kappa shape index (κ3) is 6.21. The molecule has 0 spiro atoms. The Labute approximate surface area is 200 Å². The summed E-state index contributed by atoms with van der Waals surface area (Å²) in [5.41, 5.74) is -1.27. The van der Waals surface area contributed by atoms with E-state index in [0.29, 0.717) is 24.2 Å². The van der Waals surface area contributed by atoms with Crippen molar-refractivity contribution in [3.63, 3.8) is 0 Å². The summed E-state index contributed by atoms with van der Waals surface area (Å²) in [6.45, 7) is 4.62. The average Bonchev–Trinajstić information content (AvgIpc) is 2.78. The SMILES string of the molecule is CC(C)(C)OC(=O)NC1(C(O)C(F)F)CCCN(c2cnc(-c3ccc(F)c(F)c3)cc2CO)C1. The van der Waals surface area contributed by atoms with Gasteiger partial charge in [0.05, 0.1) is 29.7 Å². The highest BCUT2D eigenvalue weighted by Gasteiger charge is 2.48. The largest absolute Gasteiger partial charge is 0.444 e. The topological polar surface area (TPSA) is 94.9 Å². The van der Waals surface area contributed by atoms with E-state index in [1.807, 2.05) is 0 Å². The molecule has 0 saturated carbocycles. The highest BCUT2D eigenvalue weighted by Crippen LogP contribution is 2.34. The molecule has 7 nitrogen and oxygen atoms in total. The van der Waals surface area contributed by atoms with Gasteiger partial charge in [0.15, 0.2) is 11.6 Å². The first-order valence-corrected chi connectivity index (χ1v) is 11.1. The molecule has 2 unspecified atom stereocenters. The van der Waals surface area contributed by atoms with Crippen molar-refractivity contribution in [2.45, 2.75) is 63.9 Å². The lowest BCUT2D eigenvalue weighted by atomic mass is 9.83. The molecule has 0 aliphatic carbocycles. The number of amides is 1. The van der Waals surface area contributed by atoms with Gasteiger partial charge in [-0.1, -0.05) is 0 Å². The summed E-state index contributed by atoms with van der Waals surface area (Å²) >= 11 is 0. The number of hydrogen-bond donors (Lipinski definition) is 3. The van der Waals surface area contributed by atoms with Crippen LogP contribution in [0.2, 0.25) is 0 Å². The number of halogens is 4. The van der Waals surface area contributed by atoms with Crippen molar-refractivity contribution in [1.29, 1.82) is 0 Å². The second kappa shape index (κ2) is 10.4. The maximum Gasteiger partial charge on any atom is 0.408 e. The Morgan fingerprint density at radius 2 is 1.97 bits per heavy atom. The van der Waals surface area contributed by atoms with Crippen molar-refractivity contribution in [2.75, 3.05) is 18.0 Å². The number of anilines is 1. The first-order valence-electron chi connectivity index (χ1n) is 11.1. The van der Waals surface area contributed by atoms with Crippen LogP contribution in [-0.4, -0.2) is 58.0 Å². The van der Waals surface area contributed by atoms with E-state index in [9.17, 15) is 32.6 Å². The van der Waals surface area contributed by atoms with E-state index in [4.69, 9.17) is 4.74 Å². The minimum atomic E-state index is -3.13. The molecule has 1 aromatic carbocycles. The van der Waals surface area contributed by atoms with Crippen LogP contribution in [0.3, 0.4) is 0 Å². The van der Waals surface area contributed by atoms with Crippen molar-refractivity contribution >= 4 is 11.8 Å². The van der Waals surface area contributed by atoms with Gasteiger partial charge in [-0.05, 0) is 57.9 Å². The average molecular weight is 500 g/mol. The van der Waals surface area contributed by atoms with Gasteiger partial charge in [0.25, 0.3) is 6.43 Å². The first-order chi connectivity index (χ1) is 16.3. The molecular formula is C24H29F4N3O4. The van der Waals surface area contributed by atoms with E-state index in [-0.39, 0.29) is 24.2 Å². The van der Waals surface area contributed by atoms with Gasteiger partial charge >= 0.3 is 6.09 Å². The minimum absolute atomic E-state index is 0.0725. The number of alkyl carbamates (subject to hydrolysis) is 1. The number of alkyl halides is 2. The molecule has 0 bridgehead atoms. The number of nitrogens with one attached hydrogen (secondary N) is 1. The maximum absolute atomic E-state index is 13.7. The van der Waals surface area contributed by atoms with Crippen molar-refractivity contribution in [1.82, 2.24) is 10.3 Å². The van der Waals surface area contributed by atoms with Crippen LogP contribution >= 0.6 is 0 Å².